The van der Waals surface area contributed by atoms with Gasteiger partial charge in [0.15, 0.2) is 0 Å². The van der Waals surface area contributed by atoms with Crippen LogP contribution >= 0.6 is 0 Å². The molecule has 6 unspecified atom stereocenters. The molecule has 0 aromatic heterocycles. The quantitative estimate of drug-likeness (QED) is 0.115. The monoisotopic (exact) mass is 534 g/mol. The van der Waals surface area contributed by atoms with Crippen molar-refractivity contribution < 1.29 is 11.4 Å². The van der Waals surface area contributed by atoms with Gasteiger partial charge in [-0.2, -0.15) is 0 Å². The summed E-state index contributed by atoms with van der Waals surface area (Å²) in [5.41, 5.74) is 0. The maximum absolute atomic E-state index is 6.99. The zero-order valence-corrected chi connectivity index (χ0v) is 26.9. The van der Waals surface area contributed by atoms with Gasteiger partial charge in [-0.05, 0) is 74.0 Å². The molecule has 0 amide bonds. The lowest BCUT2D eigenvalue weighted by Gasteiger charge is -2.16. The first-order valence-electron chi connectivity index (χ1n) is 17.1. The van der Waals surface area contributed by atoms with Crippen LogP contribution in [0.25, 0.3) is 0 Å². The molecule has 3 nitrogen and oxygen atoms in total. The van der Waals surface area contributed by atoms with Gasteiger partial charge in [0, 0.05) is 18.3 Å². The lowest BCUT2D eigenvalue weighted by atomic mass is 10.1. The van der Waals surface area contributed by atoms with E-state index >= 15 is 0 Å². The summed E-state index contributed by atoms with van der Waals surface area (Å²) in [7, 11) is 0. The zero-order chi connectivity index (χ0) is 26.6. The van der Waals surface area contributed by atoms with Crippen molar-refractivity contribution in [3.8, 4) is 0 Å². The Labute approximate surface area is 237 Å². The van der Waals surface area contributed by atoms with Crippen LogP contribution in [0, 0.1) is 35.5 Å². The minimum atomic E-state index is -2.15. The van der Waals surface area contributed by atoms with Crippen LogP contribution in [0.15, 0.2) is 0 Å². The van der Waals surface area contributed by atoms with Crippen molar-refractivity contribution in [2.24, 2.45) is 35.5 Å². The zero-order valence-electron chi connectivity index (χ0n) is 25.7. The predicted molar refractivity (Wildman–Crippen MR) is 158 cm³/mol. The minimum Gasteiger partial charge on any atom is -0.451 e. The Balaban J connectivity index is 1.66. The maximum Gasteiger partial charge on any atom is 0.906 e. The summed E-state index contributed by atoms with van der Waals surface area (Å²) in [6.07, 6.45) is 25.0. The van der Waals surface area contributed by atoms with Gasteiger partial charge in [-0.25, -0.2) is 0 Å². The predicted octanol–water partition coefficient (Wildman–Crippen LogP) is 10.0. The van der Waals surface area contributed by atoms with Crippen molar-refractivity contribution in [1.82, 2.24) is 0 Å². The Morgan fingerprint density at radius 2 is 0.541 bits per heavy atom. The number of unbranched alkanes of at least 4 members (excludes halogenated alkanes) is 6. The van der Waals surface area contributed by atoms with Crippen LogP contribution in [0.2, 0.25) is 0 Å². The average Bonchev–Trinajstić information content (AvgIpc) is 3.85. The molecule has 0 spiro atoms. The van der Waals surface area contributed by atoms with Crippen LogP contribution < -0.4 is 0 Å². The number of hydrogen-bond donors (Lipinski definition) is 0. The molecular formula is C33H63AlO3. The standard InChI is InChI=1S/3C11H21O.Al/c3*1-3-5-7-9-10(11(9)12)8-6-4-2;/h3*9-11H,3-8H2,1-2H3;/q3*-1;+3. The van der Waals surface area contributed by atoms with E-state index in [1.54, 1.807) is 0 Å². The van der Waals surface area contributed by atoms with Crippen molar-refractivity contribution in [2.75, 3.05) is 0 Å². The molecule has 0 aliphatic heterocycles. The van der Waals surface area contributed by atoms with Gasteiger partial charge >= 0.3 is 15.1 Å². The molecule has 3 saturated carbocycles. The fourth-order valence-corrected chi connectivity index (χ4v) is 9.40. The first-order valence-corrected chi connectivity index (χ1v) is 18.5. The lowest BCUT2D eigenvalue weighted by molar-refractivity contribution is 0.0548. The van der Waals surface area contributed by atoms with E-state index in [2.05, 4.69) is 41.5 Å². The molecule has 0 heterocycles. The van der Waals surface area contributed by atoms with Gasteiger partial charge in [0.1, 0.15) is 0 Å². The summed E-state index contributed by atoms with van der Waals surface area (Å²) in [6.45, 7) is 13.9. The molecule has 0 aromatic carbocycles. The van der Waals surface area contributed by atoms with Gasteiger partial charge in [0.25, 0.3) is 0 Å². The number of hydrogen-bond acceptors (Lipinski definition) is 3. The average molecular weight is 535 g/mol. The SMILES string of the molecule is CCCCC1C(CCCC)C1[O][Al]([O]C1C(CCCC)C1CCCC)[O]C1C(CCCC)C1CCCC. The maximum atomic E-state index is 6.99. The summed E-state index contributed by atoms with van der Waals surface area (Å²) in [4.78, 5) is 0. The molecule has 0 N–H and O–H groups in total. The molecule has 4 heteroatoms. The van der Waals surface area contributed by atoms with Crippen molar-refractivity contribution in [1.29, 1.82) is 0 Å². The summed E-state index contributed by atoms with van der Waals surface area (Å²) < 4.78 is 21.0. The molecule has 0 aromatic rings. The Morgan fingerprint density at radius 3 is 0.703 bits per heavy atom. The molecule has 0 radical (unpaired) electrons. The van der Waals surface area contributed by atoms with Crippen molar-refractivity contribution >= 4 is 15.1 Å². The molecule has 37 heavy (non-hydrogen) atoms. The summed E-state index contributed by atoms with van der Waals surface area (Å²) in [6, 6.07) is 0. The third-order valence-corrected chi connectivity index (χ3v) is 11.5. The Hall–Kier alpha value is 0.412. The van der Waals surface area contributed by atoms with E-state index in [4.69, 9.17) is 11.4 Å². The van der Waals surface area contributed by atoms with E-state index in [9.17, 15) is 0 Å². The van der Waals surface area contributed by atoms with Gasteiger partial charge in [-0.1, -0.05) is 119 Å². The highest BCUT2D eigenvalue weighted by Crippen LogP contribution is 2.53. The van der Waals surface area contributed by atoms with Crippen LogP contribution in [0.1, 0.15) is 157 Å². The van der Waals surface area contributed by atoms with Crippen LogP contribution in [-0.2, 0) is 11.4 Å². The first-order chi connectivity index (χ1) is 18.1. The third-order valence-electron chi connectivity index (χ3n) is 9.91. The van der Waals surface area contributed by atoms with Crippen LogP contribution in [-0.4, -0.2) is 33.5 Å². The second-order valence-electron chi connectivity index (χ2n) is 12.9. The van der Waals surface area contributed by atoms with Gasteiger partial charge in [-0.15, -0.1) is 0 Å². The Kier molecular flexibility index (Phi) is 14.9. The molecule has 3 aliphatic carbocycles. The Morgan fingerprint density at radius 1 is 0.351 bits per heavy atom. The topological polar surface area (TPSA) is 27.7 Å². The van der Waals surface area contributed by atoms with E-state index in [1.807, 2.05) is 0 Å². The molecule has 3 rings (SSSR count). The second-order valence-corrected chi connectivity index (χ2v) is 14.3. The molecular weight excluding hydrogens is 471 g/mol. The molecule has 3 aliphatic rings. The first kappa shape index (κ1) is 31.9. The highest BCUT2D eigenvalue weighted by Gasteiger charge is 2.60. The van der Waals surface area contributed by atoms with Gasteiger partial charge in [-0.3, -0.25) is 0 Å². The van der Waals surface area contributed by atoms with Gasteiger partial charge < -0.3 is 11.4 Å². The van der Waals surface area contributed by atoms with Crippen molar-refractivity contribution in [3.05, 3.63) is 0 Å². The second kappa shape index (κ2) is 17.3. The molecule has 0 saturated heterocycles. The number of rotatable bonds is 24. The van der Waals surface area contributed by atoms with E-state index in [0.29, 0.717) is 18.3 Å². The molecule has 3 fully saturated rings. The van der Waals surface area contributed by atoms with Gasteiger partial charge in [0.2, 0.25) is 0 Å². The highest BCUT2D eigenvalue weighted by atomic mass is 27.3. The lowest BCUT2D eigenvalue weighted by Crippen LogP contribution is -2.32. The third kappa shape index (κ3) is 9.78. The Bertz CT molecular complexity index is 477. The van der Waals surface area contributed by atoms with E-state index in [0.717, 1.165) is 35.5 Å². The normalized spacial score (nSPS) is 34.1. The van der Waals surface area contributed by atoms with Crippen LogP contribution in [0.3, 0.4) is 0 Å². The molecule has 0 bridgehead atoms. The summed E-state index contributed by atoms with van der Waals surface area (Å²) in [5.74, 6) is 4.53. The smallest absolute Gasteiger partial charge is 0.451 e. The van der Waals surface area contributed by atoms with Crippen LogP contribution in [0.4, 0.5) is 0 Å². The van der Waals surface area contributed by atoms with E-state index in [-0.39, 0.29) is 0 Å². The largest absolute Gasteiger partial charge is 0.906 e. The fourth-order valence-electron chi connectivity index (χ4n) is 7.23. The summed E-state index contributed by atoms with van der Waals surface area (Å²) in [5, 5.41) is 0. The minimum absolute atomic E-state index is 0.415. The molecule has 6 atom stereocenters. The van der Waals surface area contributed by atoms with E-state index in [1.165, 1.54) is 116 Å². The van der Waals surface area contributed by atoms with Crippen molar-refractivity contribution in [2.45, 2.75) is 175 Å². The van der Waals surface area contributed by atoms with Gasteiger partial charge in [0.05, 0.1) is 0 Å². The van der Waals surface area contributed by atoms with Crippen molar-refractivity contribution in [3.63, 3.8) is 0 Å². The van der Waals surface area contributed by atoms with Crippen LogP contribution in [0.5, 0.6) is 0 Å². The summed E-state index contributed by atoms with van der Waals surface area (Å²) >= 11 is -2.15. The molecule has 216 valence electrons. The highest BCUT2D eigenvalue weighted by molar-refractivity contribution is 6.36. The fraction of sp³-hybridized carbons (Fsp3) is 1.00. The van der Waals surface area contributed by atoms with E-state index < -0.39 is 15.1 Å².